The smallest absolute Gasteiger partial charge is 0.135 e. The predicted octanol–water partition coefficient (Wildman–Crippen LogP) is 3.52. The molecule has 1 atom stereocenters. The zero-order valence-corrected chi connectivity index (χ0v) is 9.74. The van der Waals surface area contributed by atoms with Crippen molar-refractivity contribution < 1.29 is 9.52 Å². The minimum atomic E-state index is -0.644. The second-order valence-corrected chi connectivity index (χ2v) is 4.19. The summed E-state index contributed by atoms with van der Waals surface area (Å²) in [5, 5.41) is 10.7. The zero-order valence-electron chi connectivity index (χ0n) is 8.98. The van der Waals surface area contributed by atoms with Crippen LogP contribution in [0.2, 0.25) is 5.02 Å². The Morgan fingerprint density at radius 3 is 2.69 bits per heavy atom. The summed E-state index contributed by atoms with van der Waals surface area (Å²) in [4.78, 5) is 0. The normalized spacial score (nSPS) is 12.7. The molecule has 0 aliphatic heterocycles. The minimum Gasteiger partial charge on any atom is -0.466 e. The van der Waals surface area contributed by atoms with Crippen LogP contribution in [-0.2, 0) is 6.42 Å². The molecular weight excluding hydrogens is 224 g/mol. The summed E-state index contributed by atoms with van der Waals surface area (Å²) in [6, 6.07) is 9.34. The highest BCUT2D eigenvalue weighted by atomic mass is 35.5. The Hall–Kier alpha value is -1.25. The topological polar surface area (TPSA) is 33.4 Å². The molecule has 0 amide bonds. The van der Waals surface area contributed by atoms with Gasteiger partial charge >= 0.3 is 0 Å². The van der Waals surface area contributed by atoms with E-state index in [1.165, 1.54) is 0 Å². The largest absolute Gasteiger partial charge is 0.466 e. The average molecular weight is 237 g/mol. The molecule has 2 nitrogen and oxygen atoms in total. The van der Waals surface area contributed by atoms with E-state index in [0.717, 1.165) is 11.1 Å². The fraction of sp³-hybridized carbons (Fsp3) is 0.231. The molecular formula is C13H13ClO2. The number of hydrogen-bond donors (Lipinski definition) is 1. The highest BCUT2D eigenvalue weighted by Crippen LogP contribution is 2.25. The number of aliphatic hydroxyl groups excluding tert-OH is 1. The summed E-state index contributed by atoms with van der Waals surface area (Å²) in [6.45, 7) is 1.91. The molecule has 2 rings (SSSR count). The first-order valence-electron chi connectivity index (χ1n) is 5.14. The molecule has 2 aromatic rings. The van der Waals surface area contributed by atoms with Gasteiger partial charge in [-0.25, -0.2) is 0 Å². The van der Waals surface area contributed by atoms with Gasteiger partial charge in [0.2, 0.25) is 0 Å². The summed E-state index contributed by atoms with van der Waals surface area (Å²) in [5.41, 5.74) is 1.88. The molecule has 1 aromatic heterocycles. The molecule has 0 saturated heterocycles. The monoisotopic (exact) mass is 236 g/mol. The van der Waals surface area contributed by atoms with Gasteiger partial charge < -0.3 is 9.52 Å². The minimum absolute atomic E-state index is 0.466. The lowest BCUT2D eigenvalue weighted by molar-refractivity contribution is 0.149. The lowest BCUT2D eigenvalue weighted by Gasteiger charge is -2.10. The molecule has 0 spiro atoms. The van der Waals surface area contributed by atoms with Crippen molar-refractivity contribution in [1.29, 1.82) is 0 Å². The van der Waals surface area contributed by atoms with E-state index in [9.17, 15) is 5.11 Å². The van der Waals surface area contributed by atoms with Crippen LogP contribution in [0.3, 0.4) is 0 Å². The lowest BCUT2D eigenvalue weighted by atomic mass is 10.0. The number of aliphatic hydroxyl groups is 1. The van der Waals surface area contributed by atoms with Gasteiger partial charge in [0, 0.05) is 11.4 Å². The van der Waals surface area contributed by atoms with Crippen molar-refractivity contribution in [3.63, 3.8) is 0 Å². The first-order valence-corrected chi connectivity index (χ1v) is 5.51. The molecule has 0 fully saturated rings. The molecule has 3 heteroatoms. The zero-order chi connectivity index (χ0) is 11.5. The molecule has 1 N–H and O–H groups in total. The van der Waals surface area contributed by atoms with Gasteiger partial charge in [-0.3, -0.25) is 0 Å². The average Bonchev–Trinajstić information content (AvgIpc) is 2.68. The summed E-state index contributed by atoms with van der Waals surface area (Å²) in [6.07, 6.45) is 1.41. The Labute approximate surface area is 99.5 Å². The van der Waals surface area contributed by atoms with Gasteiger partial charge in [-0.05, 0) is 30.2 Å². The van der Waals surface area contributed by atoms with Crippen LogP contribution < -0.4 is 0 Å². The number of aryl methyl sites for hydroxylation is 1. The van der Waals surface area contributed by atoms with Gasteiger partial charge in [-0.1, -0.05) is 29.8 Å². The first-order chi connectivity index (χ1) is 7.68. The second kappa shape index (κ2) is 4.73. The number of halogens is 1. The fourth-order valence-electron chi connectivity index (χ4n) is 1.69. The van der Waals surface area contributed by atoms with Crippen LogP contribution >= 0.6 is 11.6 Å². The lowest BCUT2D eigenvalue weighted by Crippen LogP contribution is -2.02. The maximum atomic E-state index is 10.0. The van der Waals surface area contributed by atoms with Crippen LogP contribution in [-0.4, -0.2) is 5.11 Å². The van der Waals surface area contributed by atoms with E-state index in [4.69, 9.17) is 16.0 Å². The summed E-state index contributed by atoms with van der Waals surface area (Å²) in [5.74, 6) is 0.611. The molecule has 16 heavy (non-hydrogen) atoms. The third kappa shape index (κ3) is 2.29. The SMILES string of the molecule is Cc1ccoc1C(O)Cc1ccccc1Cl. The van der Waals surface area contributed by atoms with Gasteiger partial charge in [0.1, 0.15) is 11.9 Å². The Morgan fingerprint density at radius 2 is 2.06 bits per heavy atom. The van der Waals surface area contributed by atoms with Crippen LogP contribution in [0.15, 0.2) is 41.0 Å². The Kier molecular flexibility index (Phi) is 3.32. The van der Waals surface area contributed by atoms with E-state index >= 15 is 0 Å². The third-order valence-corrected chi connectivity index (χ3v) is 2.94. The van der Waals surface area contributed by atoms with Crippen molar-refractivity contribution in [3.8, 4) is 0 Å². The number of rotatable bonds is 3. The van der Waals surface area contributed by atoms with Gasteiger partial charge in [0.05, 0.1) is 6.26 Å². The Bertz CT molecular complexity index is 476. The molecule has 84 valence electrons. The molecule has 0 bridgehead atoms. The van der Waals surface area contributed by atoms with Crippen LogP contribution in [0, 0.1) is 6.92 Å². The summed E-state index contributed by atoms with van der Waals surface area (Å²) >= 11 is 6.03. The first kappa shape index (κ1) is 11.2. The van der Waals surface area contributed by atoms with Gasteiger partial charge in [0.25, 0.3) is 0 Å². The molecule has 0 radical (unpaired) electrons. The van der Waals surface area contributed by atoms with Crippen molar-refractivity contribution in [3.05, 3.63) is 58.5 Å². The molecule has 0 saturated carbocycles. The van der Waals surface area contributed by atoms with Gasteiger partial charge in [-0.15, -0.1) is 0 Å². The molecule has 1 unspecified atom stereocenters. The Morgan fingerprint density at radius 1 is 1.31 bits per heavy atom. The molecule has 0 aliphatic rings. The highest BCUT2D eigenvalue weighted by molar-refractivity contribution is 6.31. The third-order valence-electron chi connectivity index (χ3n) is 2.58. The van der Waals surface area contributed by atoms with Gasteiger partial charge in [0.15, 0.2) is 0 Å². The van der Waals surface area contributed by atoms with Crippen molar-refractivity contribution in [2.24, 2.45) is 0 Å². The van der Waals surface area contributed by atoms with Crippen molar-refractivity contribution in [2.45, 2.75) is 19.4 Å². The maximum absolute atomic E-state index is 10.0. The Balaban J connectivity index is 2.17. The van der Waals surface area contributed by atoms with Crippen molar-refractivity contribution >= 4 is 11.6 Å². The molecule has 1 heterocycles. The van der Waals surface area contributed by atoms with Crippen LogP contribution in [0.1, 0.15) is 23.0 Å². The maximum Gasteiger partial charge on any atom is 0.135 e. The van der Waals surface area contributed by atoms with E-state index < -0.39 is 6.10 Å². The van der Waals surface area contributed by atoms with Crippen LogP contribution in [0.25, 0.3) is 0 Å². The highest BCUT2D eigenvalue weighted by Gasteiger charge is 2.15. The van der Waals surface area contributed by atoms with E-state index in [0.29, 0.717) is 17.2 Å². The van der Waals surface area contributed by atoms with Crippen molar-refractivity contribution in [2.75, 3.05) is 0 Å². The number of hydrogen-bond acceptors (Lipinski definition) is 2. The van der Waals surface area contributed by atoms with E-state index in [-0.39, 0.29) is 0 Å². The predicted molar refractivity (Wildman–Crippen MR) is 63.6 cm³/mol. The number of benzene rings is 1. The summed E-state index contributed by atoms with van der Waals surface area (Å²) in [7, 11) is 0. The van der Waals surface area contributed by atoms with Crippen LogP contribution in [0.4, 0.5) is 0 Å². The van der Waals surface area contributed by atoms with Crippen LogP contribution in [0.5, 0.6) is 0 Å². The number of furan rings is 1. The molecule has 1 aromatic carbocycles. The van der Waals surface area contributed by atoms with Gasteiger partial charge in [-0.2, -0.15) is 0 Å². The van der Waals surface area contributed by atoms with E-state index in [1.54, 1.807) is 6.26 Å². The molecule has 0 aliphatic carbocycles. The van der Waals surface area contributed by atoms with Crippen molar-refractivity contribution in [1.82, 2.24) is 0 Å². The van der Waals surface area contributed by atoms with E-state index in [1.807, 2.05) is 37.3 Å². The van der Waals surface area contributed by atoms with E-state index in [2.05, 4.69) is 0 Å². The second-order valence-electron chi connectivity index (χ2n) is 3.78. The summed E-state index contributed by atoms with van der Waals surface area (Å²) < 4.78 is 5.25. The standard InChI is InChI=1S/C13H13ClO2/c1-9-6-7-16-13(9)12(15)8-10-4-2-3-5-11(10)14/h2-7,12,15H,8H2,1H3. The fourth-order valence-corrected chi connectivity index (χ4v) is 1.90. The quantitative estimate of drug-likeness (QED) is 0.885.